The topological polar surface area (TPSA) is 30.7 Å². The molecule has 2 aromatic heterocycles. The number of fused-ring (bicyclic) bond motifs is 6. The summed E-state index contributed by atoms with van der Waals surface area (Å²) in [7, 11) is 0. The van der Waals surface area contributed by atoms with Crippen LogP contribution in [-0.4, -0.2) is 14.5 Å². The van der Waals surface area contributed by atoms with Crippen molar-refractivity contribution in [2.75, 3.05) is 0 Å². The Kier molecular flexibility index (Phi) is 6.84. The maximum absolute atomic E-state index is 5.18. The summed E-state index contributed by atoms with van der Waals surface area (Å²) >= 11 is 0. The van der Waals surface area contributed by atoms with E-state index in [1.807, 2.05) is 12.1 Å². The average molecular weight is 666 g/mol. The lowest BCUT2D eigenvalue weighted by atomic mass is 9.82. The second kappa shape index (κ2) is 11.8. The van der Waals surface area contributed by atoms with E-state index < -0.39 is 0 Å². The molecule has 0 saturated heterocycles. The van der Waals surface area contributed by atoms with E-state index in [1.54, 1.807) is 0 Å². The zero-order chi connectivity index (χ0) is 34.8. The van der Waals surface area contributed by atoms with Gasteiger partial charge in [-0.2, -0.15) is 0 Å². The van der Waals surface area contributed by atoms with Crippen molar-refractivity contribution < 1.29 is 0 Å². The molecule has 2 heterocycles. The molecule has 0 atom stereocenters. The van der Waals surface area contributed by atoms with Crippen LogP contribution in [0.15, 0.2) is 176 Å². The molecule has 0 N–H and O–H groups in total. The number of aromatic nitrogens is 3. The van der Waals surface area contributed by atoms with Gasteiger partial charge in [0.1, 0.15) is 0 Å². The molecule has 0 spiro atoms. The van der Waals surface area contributed by atoms with Crippen molar-refractivity contribution in [1.29, 1.82) is 0 Å². The van der Waals surface area contributed by atoms with E-state index in [4.69, 9.17) is 9.97 Å². The van der Waals surface area contributed by atoms with Crippen LogP contribution < -0.4 is 0 Å². The van der Waals surface area contributed by atoms with Gasteiger partial charge in [-0.1, -0.05) is 135 Å². The Morgan fingerprint density at radius 1 is 0.404 bits per heavy atom. The van der Waals surface area contributed by atoms with Gasteiger partial charge in [0, 0.05) is 38.6 Å². The fraction of sp³-hybridized carbons (Fsp3) is 0.0612. The summed E-state index contributed by atoms with van der Waals surface area (Å²) in [6, 6.07) is 62.8. The highest BCUT2D eigenvalue weighted by Crippen LogP contribution is 2.51. The SMILES string of the molecule is CC1(C)c2ccccc2-c2cc3c(cc21)c1ccccc1n3-c1ccc(-c2nc(-c3ccccc3)cc(-c3cccc(-c4ccccc4)c3)n2)cc1. The zero-order valence-corrected chi connectivity index (χ0v) is 29.1. The lowest BCUT2D eigenvalue weighted by Crippen LogP contribution is -2.14. The average Bonchev–Trinajstić information content (AvgIpc) is 3.65. The molecule has 0 amide bonds. The van der Waals surface area contributed by atoms with Crippen LogP contribution in [0.5, 0.6) is 0 Å². The number of hydrogen-bond donors (Lipinski definition) is 0. The Labute approximate surface area is 303 Å². The first kappa shape index (κ1) is 30.3. The molecule has 7 aromatic carbocycles. The molecule has 9 aromatic rings. The second-order valence-corrected chi connectivity index (χ2v) is 14.3. The van der Waals surface area contributed by atoms with Gasteiger partial charge in [-0.25, -0.2) is 9.97 Å². The van der Waals surface area contributed by atoms with Gasteiger partial charge in [-0.3, -0.25) is 0 Å². The molecule has 3 heteroatoms. The lowest BCUT2D eigenvalue weighted by Gasteiger charge is -2.21. The van der Waals surface area contributed by atoms with Gasteiger partial charge in [-0.15, -0.1) is 0 Å². The van der Waals surface area contributed by atoms with Crippen LogP contribution in [0.1, 0.15) is 25.0 Å². The van der Waals surface area contributed by atoms with Crippen LogP contribution in [-0.2, 0) is 5.41 Å². The van der Waals surface area contributed by atoms with E-state index in [-0.39, 0.29) is 5.41 Å². The van der Waals surface area contributed by atoms with E-state index in [9.17, 15) is 0 Å². The van der Waals surface area contributed by atoms with Crippen molar-refractivity contribution in [2.24, 2.45) is 0 Å². The monoisotopic (exact) mass is 665 g/mol. The number of rotatable bonds is 5. The lowest BCUT2D eigenvalue weighted by molar-refractivity contribution is 0.661. The molecule has 246 valence electrons. The summed E-state index contributed by atoms with van der Waals surface area (Å²) < 4.78 is 2.41. The standard InChI is InChI=1S/C49H35N3/c1-49(2)42-22-11-9-20-38(42)40-30-47-41(29-43(40)49)39-21-10-12-23-46(39)52(47)37-26-24-34(25-27-37)48-50-44(33-16-7-4-8-17-33)31-45(51-48)36-19-13-18-35(28-36)32-14-5-3-6-15-32/h3-31H,1-2H3. The minimum atomic E-state index is -0.0546. The first-order valence-corrected chi connectivity index (χ1v) is 17.9. The van der Waals surface area contributed by atoms with Gasteiger partial charge in [-0.05, 0) is 88.0 Å². The normalized spacial score (nSPS) is 13.0. The maximum atomic E-state index is 5.18. The molecule has 0 unspecified atom stereocenters. The van der Waals surface area contributed by atoms with Crippen molar-refractivity contribution in [1.82, 2.24) is 14.5 Å². The van der Waals surface area contributed by atoms with Gasteiger partial charge < -0.3 is 4.57 Å². The minimum absolute atomic E-state index is 0.0546. The number of para-hydroxylation sites is 1. The molecule has 1 aliphatic rings. The molecule has 52 heavy (non-hydrogen) atoms. The predicted molar refractivity (Wildman–Crippen MR) is 216 cm³/mol. The van der Waals surface area contributed by atoms with E-state index in [0.29, 0.717) is 5.82 Å². The molecule has 0 aliphatic heterocycles. The fourth-order valence-corrected chi connectivity index (χ4v) is 8.17. The third-order valence-corrected chi connectivity index (χ3v) is 10.8. The molecular weight excluding hydrogens is 631 g/mol. The first-order valence-electron chi connectivity index (χ1n) is 17.9. The van der Waals surface area contributed by atoms with E-state index >= 15 is 0 Å². The Morgan fingerprint density at radius 2 is 1.04 bits per heavy atom. The van der Waals surface area contributed by atoms with Crippen LogP contribution in [0.2, 0.25) is 0 Å². The van der Waals surface area contributed by atoms with Crippen molar-refractivity contribution in [2.45, 2.75) is 19.3 Å². The molecule has 1 aliphatic carbocycles. The van der Waals surface area contributed by atoms with Crippen LogP contribution in [0.25, 0.3) is 83.6 Å². The maximum Gasteiger partial charge on any atom is 0.160 e. The van der Waals surface area contributed by atoms with E-state index in [2.05, 4.69) is 182 Å². The number of nitrogens with zero attached hydrogens (tertiary/aromatic N) is 3. The molecule has 10 rings (SSSR count). The van der Waals surface area contributed by atoms with Crippen molar-refractivity contribution in [3.63, 3.8) is 0 Å². The van der Waals surface area contributed by atoms with E-state index in [0.717, 1.165) is 39.3 Å². The molecule has 0 saturated carbocycles. The van der Waals surface area contributed by atoms with Crippen molar-refractivity contribution >= 4 is 21.8 Å². The van der Waals surface area contributed by atoms with Gasteiger partial charge in [0.15, 0.2) is 5.82 Å². The van der Waals surface area contributed by atoms with Crippen LogP contribution in [0, 0.1) is 0 Å². The quantitative estimate of drug-likeness (QED) is 0.183. The highest BCUT2D eigenvalue weighted by atomic mass is 15.0. The van der Waals surface area contributed by atoms with Crippen molar-refractivity contribution in [3.05, 3.63) is 187 Å². The summed E-state index contributed by atoms with van der Waals surface area (Å²) in [4.78, 5) is 10.3. The largest absolute Gasteiger partial charge is 0.309 e. The summed E-state index contributed by atoms with van der Waals surface area (Å²) in [6.07, 6.45) is 0. The Morgan fingerprint density at radius 3 is 1.83 bits per heavy atom. The summed E-state index contributed by atoms with van der Waals surface area (Å²) in [6.45, 7) is 4.70. The number of benzene rings is 7. The molecule has 0 bridgehead atoms. The Hall–Kier alpha value is -6.58. The number of hydrogen-bond acceptors (Lipinski definition) is 2. The zero-order valence-electron chi connectivity index (χ0n) is 29.1. The predicted octanol–water partition coefficient (Wildman–Crippen LogP) is 12.5. The molecular formula is C49H35N3. The highest BCUT2D eigenvalue weighted by molar-refractivity contribution is 6.11. The smallest absolute Gasteiger partial charge is 0.160 e. The van der Waals surface area contributed by atoms with Crippen LogP contribution in [0.3, 0.4) is 0 Å². The first-order chi connectivity index (χ1) is 25.5. The van der Waals surface area contributed by atoms with Crippen LogP contribution in [0.4, 0.5) is 0 Å². The Bertz CT molecular complexity index is 2790. The molecule has 3 nitrogen and oxygen atoms in total. The summed E-state index contributed by atoms with van der Waals surface area (Å²) in [5.74, 6) is 0.701. The fourth-order valence-electron chi connectivity index (χ4n) is 8.17. The highest BCUT2D eigenvalue weighted by Gasteiger charge is 2.36. The van der Waals surface area contributed by atoms with Crippen molar-refractivity contribution in [3.8, 4) is 61.8 Å². The summed E-state index contributed by atoms with van der Waals surface area (Å²) in [5, 5.41) is 2.54. The third kappa shape index (κ3) is 4.81. The second-order valence-electron chi connectivity index (χ2n) is 14.3. The van der Waals surface area contributed by atoms with Gasteiger partial charge in [0.2, 0.25) is 0 Å². The molecule has 0 fully saturated rings. The van der Waals surface area contributed by atoms with Gasteiger partial charge >= 0.3 is 0 Å². The van der Waals surface area contributed by atoms with Gasteiger partial charge in [0.25, 0.3) is 0 Å². The Balaban J connectivity index is 1.11. The van der Waals surface area contributed by atoms with Gasteiger partial charge in [0.05, 0.1) is 22.4 Å². The van der Waals surface area contributed by atoms with Crippen LogP contribution >= 0.6 is 0 Å². The molecule has 0 radical (unpaired) electrons. The summed E-state index contributed by atoms with van der Waals surface area (Å²) in [5.41, 5.74) is 16.1. The van der Waals surface area contributed by atoms with E-state index in [1.165, 1.54) is 49.6 Å². The minimum Gasteiger partial charge on any atom is -0.309 e. The third-order valence-electron chi connectivity index (χ3n) is 10.8.